The van der Waals surface area contributed by atoms with Crippen LogP contribution in [-0.4, -0.2) is 13.4 Å². The van der Waals surface area contributed by atoms with E-state index in [0.717, 1.165) is 23.9 Å². The molecule has 1 heterocycles. The molecule has 2 N–H and O–H groups in total. The lowest BCUT2D eigenvalue weighted by Gasteiger charge is -2.11. The van der Waals surface area contributed by atoms with Crippen LogP contribution in [0, 0.1) is 0 Å². The molecule has 124 valence electrons. The van der Waals surface area contributed by atoms with E-state index in [2.05, 4.69) is 21.8 Å². The monoisotopic (exact) mass is 340 g/mol. The van der Waals surface area contributed by atoms with Crippen molar-refractivity contribution in [3.63, 3.8) is 0 Å². The summed E-state index contributed by atoms with van der Waals surface area (Å²) in [5, 5.41) is 1.24. The minimum absolute atomic E-state index is 0.296. The van der Waals surface area contributed by atoms with E-state index >= 15 is 0 Å². The van der Waals surface area contributed by atoms with Crippen molar-refractivity contribution >= 4 is 20.9 Å². The molecule has 0 amide bonds. The van der Waals surface area contributed by atoms with Crippen LogP contribution in [0.3, 0.4) is 0 Å². The Labute approximate surface area is 142 Å². The van der Waals surface area contributed by atoms with Gasteiger partial charge in [-0.2, -0.15) is 0 Å². The molecule has 24 heavy (non-hydrogen) atoms. The Morgan fingerprint density at radius 2 is 1.79 bits per heavy atom. The van der Waals surface area contributed by atoms with Crippen LogP contribution < -0.4 is 4.72 Å². The van der Waals surface area contributed by atoms with E-state index in [4.69, 9.17) is 0 Å². The first kappa shape index (κ1) is 15.4. The average Bonchev–Trinajstić information content (AvgIpc) is 2.99. The van der Waals surface area contributed by atoms with Gasteiger partial charge < -0.3 is 4.98 Å². The van der Waals surface area contributed by atoms with E-state index < -0.39 is 10.0 Å². The quantitative estimate of drug-likeness (QED) is 0.763. The number of aromatic nitrogens is 1. The molecular weight excluding hydrogens is 320 g/mol. The molecule has 1 aliphatic rings. The Morgan fingerprint density at radius 1 is 1.00 bits per heavy atom. The zero-order valence-corrected chi connectivity index (χ0v) is 14.2. The van der Waals surface area contributed by atoms with E-state index in [1.807, 2.05) is 12.1 Å². The Morgan fingerprint density at radius 3 is 2.62 bits per heavy atom. The highest BCUT2D eigenvalue weighted by molar-refractivity contribution is 7.89. The van der Waals surface area contributed by atoms with Gasteiger partial charge in [0.1, 0.15) is 0 Å². The van der Waals surface area contributed by atoms with Crippen molar-refractivity contribution in [2.45, 2.75) is 37.1 Å². The minimum atomic E-state index is -3.47. The summed E-state index contributed by atoms with van der Waals surface area (Å²) in [6, 6.07) is 14.6. The molecule has 0 saturated carbocycles. The van der Waals surface area contributed by atoms with E-state index in [1.54, 1.807) is 24.3 Å². The molecule has 0 bridgehead atoms. The first-order chi connectivity index (χ1) is 11.6. The van der Waals surface area contributed by atoms with Crippen LogP contribution in [0.5, 0.6) is 0 Å². The van der Waals surface area contributed by atoms with Crippen molar-refractivity contribution in [3.8, 4) is 0 Å². The Hall–Kier alpha value is -2.11. The maximum absolute atomic E-state index is 12.3. The molecule has 1 aliphatic carbocycles. The molecule has 0 fully saturated rings. The molecule has 5 heteroatoms. The Bertz CT molecular complexity index is 975. The lowest BCUT2D eigenvalue weighted by atomic mass is 9.95. The zero-order chi connectivity index (χ0) is 16.6. The van der Waals surface area contributed by atoms with Crippen LogP contribution in [0.1, 0.15) is 29.7 Å². The molecule has 4 nitrogen and oxygen atoms in total. The van der Waals surface area contributed by atoms with E-state index in [9.17, 15) is 8.42 Å². The Kier molecular flexibility index (Phi) is 3.90. The van der Waals surface area contributed by atoms with E-state index in [-0.39, 0.29) is 0 Å². The van der Waals surface area contributed by atoms with Crippen molar-refractivity contribution in [2.75, 3.05) is 0 Å². The van der Waals surface area contributed by atoms with Crippen LogP contribution in [0.2, 0.25) is 0 Å². The standard InChI is InChI=1S/C19H20N2O2S/c22-24(23,15-6-2-1-3-7-15)20-13-14-10-11-19-17(12-14)16-8-4-5-9-18(16)21-19/h1-3,6-7,10-12,20-21H,4-5,8-9,13H2. The number of sulfonamides is 1. The molecule has 0 saturated heterocycles. The van der Waals surface area contributed by atoms with E-state index in [1.165, 1.54) is 29.5 Å². The number of hydrogen-bond acceptors (Lipinski definition) is 2. The zero-order valence-electron chi connectivity index (χ0n) is 13.4. The second-order valence-electron chi connectivity index (χ2n) is 6.31. The predicted molar refractivity (Wildman–Crippen MR) is 95.4 cm³/mol. The largest absolute Gasteiger partial charge is 0.358 e. The smallest absolute Gasteiger partial charge is 0.240 e. The van der Waals surface area contributed by atoms with Gasteiger partial charge in [0.05, 0.1) is 4.90 Å². The van der Waals surface area contributed by atoms with Crippen molar-refractivity contribution in [3.05, 3.63) is 65.4 Å². The summed E-state index contributed by atoms with van der Waals surface area (Å²) in [4.78, 5) is 3.80. The fourth-order valence-corrected chi connectivity index (χ4v) is 4.46. The highest BCUT2D eigenvalue weighted by Crippen LogP contribution is 2.29. The van der Waals surface area contributed by atoms with Crippen molar-refractivity contribution in [1.82, 2.24) is 9.71 Å². The summed E-state index contributed by atoms with van der Waals surface area (Å²) in [6.07, 6.45) is 4.68. The first-order valence-electron chi connectivity index (χ1n) is 8.30. The number of hydrogen-bond donors (Lipinski definition) is 2. The molecule has 2 aromatic carbocycles. The van der Waals surface area contributed by atoms with Gasteiger partial charge in [-0.15, -0.1) is 0 Å². The molecule has 3 aromatic rings. The summed E-state index contributed by atoms with van der Waals surface area (Å²) < 4.78 is 27.4. The molecule has 0 atom stereocenters. The van der Waals surface area contributed by atoms with Crippen LogP contribution in [0.4, 0.5) is 0 Å². The lowest BCUT2D eigenvalue weighted by Crippen LogP contribution is -2.23. The van der Waals surface area contributed by atoms with Gasteiger partial charge in [0.2, 0.25) is 10.0 Å². The van der Waals surface area contributed by atoms with Gasteiger partial charge in [-0.3, -0.25) is 0 Å². The summed E-state index contributed by atoms with van der Waals surface area (Å²) in [5.41, 5.74) is 4.88. The number of fused-ring (bicyclic) bond motifs is 3. The molecule has 1 aromatic heterocycles. The number of H-pyrrole nitrogens is 1. The van der Waals surface area contributed by atoms with Gasteiger partial charge in [-0.05, 0) is 61.1 Å². The molecule has 0 aliphatic heterocycles. The molecule has 0 unspecified atom stereocenters. The number of nitrogens with one attached hydrogen (secondary N) is 2. The number of aromatic amines is 1. The second-order valence-corrected chi connectivity index (χ2v) is 8.07. The van der Waals surface area contributed by atoms with Crippen LogP contribution in [0.15, 0.2) is 53.4 Å². The highest BCUT2D eigenvalue weighted by atomic mass is 32.2. The highest BCUT2D eigenvalue weighted by Gasteiger charge is 2.16. The Balaban J connectivity index is 1.59. The molecule has 4 rings (SSSR count). The third-order valence-corrected chi connectivity index (χ3v) is 6.10. The van der Waals surface area contributed by atoms with Gasteiger partial charge in [-0.1, -0.05) is 24.3 Å². The second kappa shape index (κ2) is 6.07. The molecular formula is C19H20N2O2S. The van der Waals surface area contributed by atoms with Gasteiger partial charge in [0.15, 0.2) is 0 Å². The fourth-order valence-electron chi connectivity index (χ4n) is 3.42. The fraction of sp³-hybridized carbons (Fsp3) is 0.263. The predicted octanol–water partition coefficient (Wildman–Crippen LogP) is 3.53. The van der Waals surface area contributed by atoms with Crippen LogP contribution >= 0.6 is 0 Å². The number of aryl methyl sites for hydroxylation is 2. The third-order valence-electron chi connectivity index (χ3n) is 4.68. The van der Waals surface area contributed by atoms with Crippen molar-refractivity contribution in [2.24, 2.45) is 0 Å². The summed E-state index contributed by atoms with van der Waals surface area (Å²) in [5.74, 6) is 0. The lowest BCUT2D eigenvalue weighted by molar-refractivity contribution is 0.581. The summed E-state index contributed by atoms with van der Waals surface area (Å²) in [6.45, 7) is 0.299. The first-order valence-corrected chi connectivity index (χ1v) is 9.79. The molecule has 0 radical (unpaired) electrons. The SMILES string of the molecule is O=S(=O)(NCc1ccc2[nH]c3c(c2c1)CCCC3)c1ccccc1. The normalized spacial score (nSPS) is 14.7. The topological polar surface area (TPSA) is 62.0 Å². The summed E-state index contributed by atoms with van der Waals surface area (Å²) in [7, 11) is -3.47. The minimum Gasteiger partial charge on any atom is -0.358 e. The maximum Gasteiger partial charge on any atom is 0.240 e. The van der Waals surface area contributed by atoms with Gasteiger partial charge >= 0.3 is 0 Å². The van der Waals surface area contributed by atoms with Crippen LogP contribution in [0.25, 0.3) is 10.9 Å². The molecule has 0 spiro atoms. The van der Waals surface area contributed by atoms with Crippen LogP contribution in [-0.2, 0) is 29.4 Å². The van der Waals surface area contributed by atoms with Gasteiger partial charge in [0, 0.05) is 23.1 Å². The van der Waals surface area contributed by atoms with E-state index in [0.29, 0.717) is 11.4 Å². The third kappa shape index (κ3) is 2.85. The average molecular weight is 340 g/mol. The van der Waals surface area contributed by atoms with Crippen molar-refractivity contribution in [1.29, 1.82) is 0 Å². The van der Waals surface area contributed by atoms with Gasteiger partial charge in [0.25, 0.3) is 0 Å². The maximum atomic E-state index is 12.3. The number of rotatable bonds is 4. The van der Waals surface area contributed by atoms with Gasteiger partial charge in [-0.25, -0.2) is 13.1 Å². The van der Waals surface area contributed by atoms with Crippen molar-refractivity contribution < 1.29 is 8.42 Å². The summed E-state index contributed by atoms with van der Waals surface area (Å²) >= 11 is 0. The number of benzene rings is 2.